The van der Waals surface area contributed by atoms with E-state index in [4.69, 9.17) is 4.74 Å². The zero-order valence-electron chi connectivity index (χ0n) is 7.32. The Balaban J connectivity index is 2.17. The first-order valence-corrected chi connectivity index (χ1v) is 4.40. The molecule has 1 saturated carbocycles. The molecule has 0 heterocycles. The molecule has 0 bridgehead atoms. The van der Waals surface area contributed by atoms with E-state index in [9.17, 15) is 13.2 Å². The van der Waals surface area contributed by atoms with Crippen molar-refractivity contribution in [2.45, 2.75) is 25.4 Å². The molecule has 0 aliphatic heterocycles. The lowest BCUT2D eigenvalue weighted by atomic mass is 9.96. The number of ether oxygens (including phenoxy) is 1. The van der Waals surface area contributed by atoms with Gasteiger partial charge in [0, 0.05) is 6.07 Å². The average molecular weight is 201 g/mol. The molecule has 1 radical (unpaired) electrons. The highest BCUT2D eigenvalue weighted by atomic mass is 19.2. The van der Waals surface area contributed by atoms with Gasteiger partial charge in [-0.1, -0.05) is 0 Å². The Kier molecular flexibility index (Phi) is 2.35. The predicted molar refractivity (Wildman–Crippen MR) is 43.4 cm³/mol. The highest BCUT2D eigenvalue weighted by molar-refractivity contribution is 5.23. The van der Waals surface area contributed by atoms with Crippen LogP contribution in [0.1, 0.15) is 19.3 Å². The maximum atomic E-state index is 12.7. The molecule has 0 N–H and O–H groups in total. The molecule has 1 aliphatic carbocycles. The Hall–Kier alpha value is -1.19. The fourth-order valence-electron chi connectivity index (χ4n) is 1.21. The van der Waals surface area contributed by atoms with Crippen molar-refractivity contribution in [3.05, 3.63) is 29.6 Å². The third-order valence-corrected chi connectivity index (χ3v) is 2.24. The minimum absolute atomic E-state index is 0.00416. The molecule has 1 fully saturated rings. The van der Waals surface area contributed by atoms with E-state index >= 15 is 0 Å². The van der Waals surface area contributed by atoms with Crippen molar-refractivity contribution < 1.29 is 17.9 Å². The minimum Gasteiger partial charge on any atom is -0.490 e. The van der Waals surface area contributed by atoms with Gasteiger partial charge in [-0.2, -0.15) is 0 Å². The summed E-state index contributed by atoms with van der Waals surface area (Å²) < 4.78 is 43.0. The van der Waals surface area contributed by atoms with Crippen LogP contribution in [0.4, 0.5) is 13.2 Å². The molecule has 1 aromatic carbocycles. The summed E-state index contributed by atoms with van der Waals surface area (Å²) in [7, 11) is 0. The standard InChI is InChI=1S/C10H8F3O/c11-8-4-7(5-9(12)10(8)13)14-6-2-1-3-6/h4,6H,1-3H2. The fraction of sp³-hybridized carbons (Fsp3) is 0.400. The smallest absolute Gasteiger partial charge is 0.195 e. The number of halogens is 3. The fourth-order valence-corrected chi connectivity index (χ4v) is 1.21. The van der Waals surface area contributed by atoms with Crippen molar-refractivity contribution in [1.29, 1.82) is 0 Å². The molecule has 0 spiro atoms. The first kappa shape index (κ1) is 9.37. The third-order valence-electron chi connectivity index (χ3n) is 2.24. The summed E-state index contributed by atoms with van der Waals surface area (Å²) in [5.41, 5.74) is 0. The van der Waals surface area contributed by atoms with Gasteiger partial charge in [0.05, 0.1) is 12.2 Å². The van der Waals surface area contributed by atoms with Gasteiger partial charge in [-0.05, 0) is 19.3 Å². The van der Waals surface area contributed by atoms with Crippen LogP contribution in [-0.4, -0.2) is 6.10 Å². The first-order valence-electron chi connectivity index (χ1n) is 4.40. The van der Waals surface area contributed by atoms with Crippen molar-refractivity contribution in [3.63, 3.8) is 0 Å². The van der Waals surface area contributed by atoms with Crippen LogP contribution in [0.5, 0.6) is 5.75 Å². The van der Waals surface area contributed by atoms with Crippen LogP contribution in [0.3, 0.4) is 0 Å². The van der Waals surface area contributed by atoms with Gasteiger partial charge < -0.3 is 4.74 Å². The Morgan fingerprint density at radius 2 is 2.00 bits per heavy atom. The molecular weight excluding hydrogens is 193 g/mol. The molecule has 0 aromatic heterocycles. The van der Waals surface area contributed by atoms with Crippen LogP contribution in [-0.2, 0) is 0 Å². The van der Waals surface area contributed by atoms with Gasteiger partial charge in [0.2, 0.25) is 0 Å². The van der Waals surface area contributed by atoms with Gasteiger partial charge >= 0.3 is 0 Å². The second-order valence-electron chi connectivity index (χ2n) is 3.28. The molecule has 0 saturated heterocycles. The van der Waals surface area contributed by atoms with Crippen molar-refractivity contribution >= 4 is 0 Å². The highest BCUT2D eigenvalue weighted by Gasteiger charge is 2.20. The van der Waals surface area contributed by atoms with Gasteiger partial charge in [-0.3, -0.25) is 0 Å². The van der Waals surface area contributed by atoms with Gasteiger partial charge in [-0.15, -0.1) is 0 Å². The summed E-state index contributed by atoms with van der Waals surface area (Å²) in [6, 6.07) is 2.83. The summed E-state index contributed by atoms with van der Waals surface area (Å²) >= 11 is 0. The molecule has 0 atom stereocenters. The zero-order valence-corrected chi connectivity index (χ0v) is 7.32. The van der Waals surface area contributed by atoms with Crippen LogP contribution >= 0.6 is 0 Å². The van der Waals surface area contributed by atoms with Crippen LogP contribution in [0.2, 0.25) is 0 Å². The minimum atomic E-state index is -1.51. The molecule has 2 rings (SSSR count). The van der Waals surface area contributed by atoms with Crippen LogP contribution in [0, 0.1) is 23.5 Å². The van der Waals surface area contributed by atoms with Crippen molar-refractivity contribution in [2.75, 3.05) is 0 Å². The SMILES string of the molecule is Fc1[c]c(OC2CCC2)cc(F)c1F. The quantitative estimate of drug-likeness (QED) is 0.668. The molecule has 1 nitrogen and oxygen atoms in total. The third kappa shape index (κ3) is 1.69. The van der Waals surface area contributed by atoms with E-state index in [0.29, 0.717) is 0 Å². The van der Waals surface area contributed by atoms with Crippen molar-refractivity contribution in [2.24, 2.45) is 0 Å². The summed E-state index contributed by atoms with van der Waals surface area (Å²) in [4.78, 5) is 0. The topological polar surface area (TPSA) is 9.23 Å². The Morgan fingerprint density at radius 3 is 2.50 bits per heavy atom. The van der Waals surface area contributed by atoms with E-state index in [-0.39, 0.29) is 11.9 Å². The monoisotopic (exact) mass is 201 g/mol. The van der Waals surface area contributed by atoms with E-state index in [2.05, 4.69) is 0 Å². The highest BCUT2D eigenvalue weighted by Crippen LogP contribution is 2.26. The lowest BCUT2D eigenvalue weighted by Gasteiger charge is -2.26. The normalized spacial score (nSPS) is 16.5. The molecule has 75 valence electrons. The van der Waals surface area contributed by atoms with Crippen LogP contribution < -0.4 is 4.74 Å². The van der Waals surface area contributed by atoms with Gasteiger partial charge in [0.1, 0.15) is 5.75 Å². The lowest BCUT2D eigenvalue weighted by molar-refractivity contribution is 0.118. The Labute approximate surface area is 79.5 Å². The summed E-state index contributed by atoms with van der Waals surface area (Å²) in [6.45, 7) is 0. The molecule has 4 heteroatoms. The summed E-state index contributed by atoms with van der Waals surface area (Å²) in [5, 5.41) is 0. The van der Waals surface area contributed by atoms with Crippen LogP contribution in [0.15, 0.2) is 6.07 Å². The number of hydrogen-bond donors (Lipinski definition) is 0. The van der Waals surface area contributed by atoms with E-state index in [1.807, 2.05) is 6.07 Å². The molecular formula is C10H8F3O. The molecule has 0 amide bonds. The molecule has 0 unspecified atom stereocenters. The predicted octanol–water partition coefficient (Wildman–Crippen LogP) is 2.84. The molecule has 1 aliphatic rings. The molecule has 14 heavy (non-hydrogen) atoms. The number of rotatable bonds is 2. The van der Waals surface area contributed by atoms with Crippen molar-refractivity contribution in [1.82, 2.24) is 0 Å². The summed E-state index contributed by atoms with van der Waals surface area (Å²) in [6.07, 6.45) is 2.79. The maximum Gasteiger partial charge on any atom is 0.195 e. The second kappa shape index (κ2) is 3.52. The van der Waals surface area contributed by atoms with E-state index in [0.717, 1.165) is 25.3 Å². The van der Waals surface area contributed by atoms with E-state index in [1.54, 1.807) is 0 Å². The number of benzene rings is 1. The van der Waals surface area contributed by atoms with Gasteiger partial charge in [-0.25, -0.2) is 13.2 Å². The Morgan fingerprint density at radius 1 is 1.29 bits per heavy atom. The molecule has 1 aromatic rings. The van der Waals surface area contributed by atoms with E-state index in [1.165, 1.54) is 0 Å². The van der Waals surface area contributed by atoms with Gasteiger partial charge in [0.25, 0.3) is 0 Å². The van der Waals surface area contributed by atoms with Crippen LogP contribution in [0.25, 0.3) is 0 Å². The summed E-state index contributed by atoms with van der Waals surface area (Å²) in [5.74, 6) is -4.15. The maximum absolute atomic E-state index is 12.7. The number of hydrogen-bond acceptors (Lipinski definition) is 1. The second-order valence-corrected chi connectivity index (χ2v) is 3.28. The lowest BCUT2D eigenvalue weighted by Crippen LogP contribution is -2.24. The Bertz CT molecular complexity index is 324. The van der Waals surface area contributed by atoms with E-state index < -0.39 is 17.5 Å². The average Bonchev–Trinajstić information content (AvgIpc) is 2.07. The zero-order chi connectivity index (χ0) is 10.1. The first-order chi connectivity index (χ1) is 6.66. The van der Waals surface area contributed by atoms with Crippen molar-refractivity contribution in [3.8, 4) is 5.75 Å². The van der Waals surface area contributed by atoms with Gasteiger partial charge in [0.15, 0.2) is 17.5 Å². The largest absolute Gasteiger partial charge is 0.490 e.